The second kappa shape index (κ2) is 5.50. The number of carbonyl (C=O) groups is 2. The molecule has 0 fully saturated rings. The van der Waals surface area contributed by atoms with E-state index in [-0.39, 0.29) is 18.1 Å². The van der Waals surface area contributed by atoms with Gasteiger partial charge < -0.3 is 14.7 Å². The van der Waals surface area contributed by atoms with Gasteiger partial charge in [-0.1, -0.05) is 0 Å². The first-order valence-corrected chi connectivity index (χ1v) is 4.96. The number of carbonyl (C=O) groups excluding carboxylic acids is 1. The van der Waals surface area contributed by atoms with E-state index in [9.17, 15) is 9.59 Å². The van der Waals surface area contributed by atoms with Gasteiger partial charge in [-0.2, -0.15) is 0 Å². The van der Waals surface area contributed by atoms with Gasteiger partial charge in [-0.25, -0.2) is 4.79 Å². The van der Waals surface area contributed by atoms with Crippen LogP contribution in [0.1, 0.15) is 19.8 Å². The highest BCUT2D eigenvalue weighted by atomic mass is 16.5. The maximum atomic E-state index is 11.5. The van der Waals surface area contributed by atoms with Crippen molar-refractivity contribution in [3.05, 3.63) is 11.8 Å². The first-order chi connectivity index (χ1) is 7.15. The summed E-state index contributed by atoms with van der Waals surface area (Å²) >= 11 is 0. The van der Waals surface area contributed by atoms with E-state index < -0.39 is 5.97 Å². The Morgan fingerprint density at radius 3 is 2.93 bits per heavy atom. The molecule has 15 heavy (non-hydrogen) atoms. The molecule has 0 aromatic heterocycles. The summed E-state index contributed by atoms with van der Waals surface area (Å²) in [5.74, 6) is -1.14. The fraction of sp³-hybridized carbons (Fsp3) is 0.600. The van der Waals surface area contributed by atoms with E-state index >= 15 is 0 Å². The molecule has 5 heteroatoms. The smallest absolute Gasteiger partial charge is 0.333 e. The molecular weight excluding hydrogens is 198 g/mol. The Morgan fingerprint density at radius 1 is 1.60 bits per heavy atom. The van der Waals surface area contributed by atoms with Crippen LogP contribution in [-0.2, 0) is 14.3 Å². The lowest BCUT2D eigenvalue weighted by Gasteiger charge is -2.23. The monoisotopic (exact) mass is 213 g/mol. The van der Waals surface area contributed by atoms with E-state index in [1.54, 1.807) is 0 Å². The molecule has 1 amide bonds. The number of hydrogen-bond acceptors (Lipinski definition) is 3. The van der Waals surface area contributed by atoms with Gasteiger partial charge in [0.1, 0.15) is 6.61 Å². The number of hydrogen-bond donors (Lipinski definition) is 1. The van der Waals surface area contributed by atoms with Crippen molar-refractivity contribution in [1.29, 1.82) is 0 Å². The van der Waals surface area contributed by atoms with Crippen LogP contribution in [0.15, 0.2) is 11.8 Å². The standard InChI is InChI=1S/C10H15NO4/c1-2-15-7-9(12)11-5-3-4-8(6-11)10(13)14/h6H,2-5,7H2,1H3,(H,13,14). The maximum absolute atomic E-state index is 11.5. The Labute approximate surface area is 88.3 Å². The SMILES string of the molecule is CCOCC(=O)N1C=C(C(=O)O)CCC1. The number of carboxylic acid groups (broad SMARTS) is 1. The fourth-order valence-electron chi connectivity index (χ4n) is 1.39. The number of aliphatic carboxylic acids is 1. The highest BCUT2D eigenvalue weighted by molar-refractivity contribution is 5.88. The Hall–Kier alpha value is -1.36. The van der Waals surface area contributed by atoms with E-state index in [1.165, 1.54) is 11.1 Å². The third kappa shape index (κ3) is 3.36. The molecule has 0 aromatic carbocycles. The normalized spacial score (nSPS) is 16.1. The molecule has 1 N–H and O–H groups in total. The van der Waals surface area contributed by atoms with Crippen molar-refractivity contribution in [2.45, 2.75) is 19.8 Å². The lowest BCUT2D eigenvalue weighted by molar-refractivity contribution is -0.134. The van der Waals surface area contributed by atoms with Crippen LogP contribution in [0.3, 0.4) is 0 Å². The third-order valence-corrected chi connectivity index (χ3v) is 2.18. The zero-order chi connectivity index (χ0) is 11.3. The van der Waals surface area contributed by atoms with Crippen molar-refractivity contribution in [2.24, 2.45) is 0 Å². The molecule has 84 valence electrons. The third-order valence-electron chi connectivity index (χ3n) is 2.18. The minimum Gasteiger partial charge on any atom is -0.478 e. The summed E-state index contributed by atoms with van der Waals surface area (Å²) in [5, 5.41) is 8.78. The van der Waals surface area contributed by atoms with Crippen LogP contribution in [-0.4, -0.2) is 41.6 Å². The highest BCUT2D eigenvalue weighted by Crippen LogP contribution is 2.14. The summed E-state index contributed by atoms with van der Waals surface area (Å²) in [7, 11) is 0. The number of rotatable bonds is 4. The number of nitrogens with zero attached hydrogens (tertiary/aromatic N) is 1. The number of amides is 1. The second-order valence-corrected chi connectivity index (χ2v) is 3.29. The topological polar surface area (TPSA) is 66.8 Å². The van der Waals surface area contributed by atoms with Gasteiger partial charge in [0.15, 0.2) is 0 Å². The largest absolute Gasteiger partial charge is 0.478 e. The van der Waals surface area contributed by atoms with Crippen LogP contribution in [0.2, 0.25) is 0 Å². The molecule has 0 spiro atoms. The molecule has 1 rings (SSSR count). The van der Waals surface area contributed by atoms with Gasteiger partial charge in [0.2, 0.25) is 0 Å². The van der Waals surface area contributed by atoms with Crippen molar-refractivity contribution in [3.8, 4) is 0 Å². The lowest BCUT2D eigenvalue weighted by atomic mass is 10.1. The molecule has 5 nitrogen and oxygen atoms in total. The van der Waals surface area contributed by atoms with Gasteiger partial charge >= 0.3 is 5.97 Å². The van der Waals surface area contributed by atoms with Crippen molar-refractivity contribution in [3.63, 3.8) is 0 Å². The molecule has 0 unspecified atom stereocenters. The summed E-state index contributed by atoms with van der Waals surface area (Å²) in [4.78, 5) is 23.6. The molecule has 1 aliphatic heterocycles. The minimum atomic E-state index is -0.955. The van der Waals surface area contributed by atoms with Gasteiger partial charge in [0, 0.05) is 19.4 Å². The van der Waals surface area contributed by atoms with Crippen LogP contribution in [0.4, 0.5) is 0 Å². The molecule has 0 bridgehead atoms. The molecule has 0 radical (unpaired) electrons. The van der Waals surface area contributed by atoms with Crippen LogP contribution in [0, 0.1) is 0 Å². The maximum Gasteiger partial charge on any atom is 0.333 e. The Morgan fingerprint density at radius 2 is 2.33 bits per heavy atom. The van der Waals surface area contributed by atoms with Crippen molar-refractivity contribution in [1.82, 2.24) is 4.90 Å². The molecule has 1 heterocycles. The van der Waals surface area contributed by atoms with E-state index in [2.05, 4.69) is 0 Å². The van der Waals surface area contributed by atoms with Gasteiger partial charge in [-0.15, -0.1) is 0 Å². The van der Waals surface area contributed by atoms with Crippen molar-refractivity contribution in [2.75, 3.05) is 19.8 Å². The molecule has 0 atom stereocenters. The average Bonchev–Trinajstić information content (AvgIpc) is 2.26. The van der Waals surface area contributed by atoms with Gasteiger partial charge in [0.25, 0.3) is 5.91 Å². The fourth-order valence-corrected chi connectivity index (χ4v) is 1.39. The molecule has 0 saturated heterocycles. The van der Waals surface area contributed by atoms with Crippen LogP contribution < -0.4 is 0 Å². The van der Waals surface area contributed by atoms with E-state index in [1.807, 2.05) is 6.92 Å². The van der Waals surface area contributed by atoms with Gasteiger partial charge in [-0.3, -0.25) is 4.79 Å². The average molecular weight is 213 g/mol. The predicted octanol–water partition coefficient (Wildman–Crippen LogP) is 0.614. The minimum absolute atomic E-state index is 0.0138. The van der Waals surface area contributed by atoms with Crippen LogP contribution in [0.25, 0.3) is 0 Å². The number of carboxylic acids is 1. The zero-order valence-electron chi connectivity index (χ0n) is 8.73. The molecule has 0 aromatic rings. The molecule has 1 aliphatic rings. The van der Waals surface area contributed by atoms with Crippen molar-refractivity contribution < 1.29 is 19.4 Å². The Bertz CT molecular complexity index is 285. The number of ether oxygens (including phenoxy) is 1. The molecule has 0 saturated carbocycles. The zero-order valence-corrected chi connectivity index (χ0v) is 8.73. The Balaban J connectivity index is 2.58. The van der Waals surface area contributed by atoms with E-state index in [4.69, 9.17) is 9.84 Å². The summed E-state index contributed by atoms with van der Waals surface area (Å²) in [5.41, 5.74) is 0.283. The van der Waals surface area contributed by atoms with E-state index in [0.29, 0.717) is 26.0 Å². The summed E-state index contributed by atoms with van der Waals surface area (Å²) in [6, 6.07) is 0. The summed E-state index contributed by atoms with van der Waals surface area (Å²) < 4.78 is 4.98. The predicted molar refractivity (Wildman–Crippen MR) is 53.2 cm³/mol. The van der Waals surface area contributed by atoms with Crippen LogP contribution in [0.5, 0.6) is 0 Å². The quantitative estimate of drug-likeness (QED) is 0.743. The first kappa shape index (κ1) is 11.7. The molecular formula is C10H15NO4. The Kier molecular flexibility index (Phi) is 4.30. The van der Waals surface area contributed by atoms with Crippen molar-refractivity contribution >= 4 is 11.9 Å². The highest BCUT2D eigenvalue weighted by Gasteiger charge is 2.19. The van der Waals surface area contributed by atoms with Crippen LogP contribution >= 0.6 is 0 Å². The first-order valence-electron chi connectivity index (χ1n) is 4.96. The lowest BCUT2D eigenvalue weighted by Crippen LogP contribution is -2.33. The summed E-state index contributed by atoms with van der Waals surface area (Å²) in [6.45, 7) is 2.87. The summed E-state index contributed by atoms with van der Waals surface area (Å²) in [6.07, 6.45) is 2.62. The second-order valence-electron chi connectivity index (χ2n) is 3.29. The van der Waals surface area contributed by atoms with E-state index in [0.717, 1.165) is 0 Å². The van der Waals surface area contributed by atoms with Gasteiger partial charge in [-0.05, 0) is 19.8 Å². The van der Waals surface area contributed by atoms with Gasteiger partial charge in [0.05, 0.1) is 5.57 Å². The molecule has 0 aliphatic carbocycles.